The van der Waals surface area contributed by atoms with Crippen LogP contribution < -0.4 is 16.0 Å². The molecule has 9 nitrogen and oxygen atoms in total. The van der Waals surface area contributed by atoms with Gasteiger partial charge in [0, 0.05) is 37.6 Å². The van der Waals surface area contributed by atoms with Gasteiger partial charge < -0.3 is 16.0 Å². The van der Waals surface area contributed by atoms with Crippen LogP contribution in [0.5, 0.6) is 0 Å². The molecule has 1 saturated carbocycles. The Morgan fingerprint density at radius 1 is 1.00 bits per heavy atom. The molecular formula is C25H29F2N5O4. The number of carbonyl (C=O) groups is 4. The summed E-state index contributed by atoms with van der Waals surface area (Å²) in [5.41, 5.74) is 0.718. The summed E-state index contributed by atoms with van der Waals surface area (Å²) in [7, 11) is 0. The van der Waals surface area contributed by atoms with Gasteiger partial charge in [0.25, 0.3) is 5.91 Å². The van der Waals surface area contributed by atoms with E-state index in [1.54, 1.807) is 36.4 Å². The number of halogens is 2. The number of carbonyl (C=O) groups excluding carboxylic acids is 4. The molecule has 0 saturated heterocycles. The Labute approximate surface area is 207 Å². The monoisotopic (exact) mass is 501 g/mol. The number of ketones is 1. The summed E-state index contributed by atoms with van der Waals surface area (Å²) in [4.78, 5) is 58.7. The minimum Gasteiger partial charge on any atom is -0.344 e. The highest BCUT2D eigenvalue weighted by Gasteiger charge is 2.38. The first-order valence-corrected chi connectivity index (χ1v) is 11.7. The van der Waals surface area contributed by atoms with Gasteiger partial charge in [0.1, 0.15) is 17.9 Å². The third-order valence-electron chi connectivity index (χ3n) is 6.01. The van der Waals surface area contributed by atoms with Crippen LogP contribution in [0.4, 0.5) is 8.78 Å². The average Bonchev–Trinajstić information content (AvgIpc) is 2.87. The van der Waals surface area contributed by atoms with Crippen LogP contribution in [-0.4, -0.2) is 51.5 Å². The van der Waals surface area contributed by atoms with Gasteiger partial charge in [0.05, 0.1) is 6.54 Å². The van der Waals surface area contributed by atoms with E-state index in [2.05, 4.69) is 25.9 Å². The van der Waals surface area contributed by atoms with E-state index in [1.165, 1.54) is 19.3 Å². The first kappa shape index (κ1) is 26.8. The van der Waals surface area contributed by atoms with E-state index in [0.29, 0.717) is 5.82 Å². The number of amides is 3. The van der Waals surface area contributed by atoms with Gasteiger partial charge in [0.2, 0.25) is 23.5 Å². The smallest absolute Gasteiger partial charge is 0.289 e. The summed E-state index contributed by atoms with van der Waals surface area (Å²) in [6, 6.07) is 8.23. The predicted molar refractivity (Wildman–Crippen MR) is 125 cm³/mol. The number of hydrogen-bond acceptors (Lipinski definition) is 6. The maximum absolute atomic E-state index is 13.4. The molecule has 0 bridgehead atoms. The molecule has 1 fully saturated rings. The van der Waals surface area contributed by atoms with Crippen LogP contribution in [0.1, 0.15) is 44.0 Å². The van der Waals surface area contributed by atoms with E-state index in [9.17, 15) is 28.0 Å². The zero-order valence-corrected chi connectivity index (χ0v) is 19.9. The number of hydrogen-bond donors (Lipinski definition) is 3. The molecule has 1 aliphatic rings. The van der Waals surface area contributed by atoms with E-state index in [-0.39, 0.29) is 38.6 Å². The molecule has 3 amide bonds. The summed E-state index contributed by atoms with van der Waals surface area (Å²) < 4.78 is 26.8. The standard InChI is InChI=1S/C25H29F2N5O4/c1-16(31-23(35)18-8-10-25(26,27)11-9-18)22(34)32-19(14-17-6-3-2-4-7-17)21(33)24(36)30-15-20-28-12-5-13-29-20/h2-7,12-13,16,18-19H,8-11,14-15H2,1H3,(H,30,36)(H,31,35)(H,32,34)/t16-,19-/m1/s1. The molecule has 2 atom stereocenters. The molecule has 1 aliphatic carbocycles. The van der Waals surface area contributed by atoms with Crippen LogP contribution in [0.25, 0.3) is 0 Å². The van der Waals surface area contributed by atoms with Crippen molar-refractivity contribution in [3.8, 4) is 0 Å². The van der Waals surface area contributed by atoms with Crippen LogP contribution >= 0.6 is 0 Å². The lowest BCUT2D eigenvalue weighted by Crippen LogP contribution is -2.54. The lowest BCUT2D eigenvalue weighted by atomic mass is 9.86. The number of aromatic nitrogens is 2. The molecule has 1 heterocycles. The molecule has 11 heteroatoms. The van der Waals surface area contributed by atoms with Crippen molar-refractivity contribution in [1.29, 1.82) is 0 Å². The SMILES string of the molecule is C[C@@H](NC(=O)C1CCC(F)(F)CC1)C(=O)N[C@H](Cc1ccccc1)C(=O)C(=O)NCc1ncccn1. The minimum atomic E-state index is -2.77. The van der Waals surface area contributed by atoms with Gasteiger partial charge >= 0.3 is 0 Å². The van der Waals surface area contributed by atoms with Crippen LogP contribution in [0, 0.1) is 5.92 Å². The second kappa shape index (κ2) is 12.3. The van der Waals surface area contributed by atoms with Gasteiger partial charge in [-0.2, -0.15) is 0 Å². The summed E-state index contributed by atoms with van der Waals surface area (Å²) in [6.45, 7) is 1.37. The molecule has 0 radical (unpaired) electrons. The highest BCUT2D eigenvalue weighted by atomic mass is 19.3. The van der Waals surface area contributed by atoms with Crippen molar-refractivity contribution in [2.75, 3.05) is 0 Å². The Hall–Kier alpha value is -3.76. The third-order valence-corrected chi connectivity index (χ3v) is 6.01. The highest BCUT2D eigenvalue weighted by Crippen LogP contribution is 2.36. The van der Waals surface area contributed by atoms with Crippen molar-refractivity contribution >= 4 is 23.5 Å². The maximum atomic E-state index is 13.4. The number of nitrogens with one attached hydrogen (secondary N) is 3. The third kappa shape index (κ3) is 7.89. The topological polar surface area (TPSA) is 130 Å². The quantitative estimate of drug-likeness (QED) is 0.425. The number of rotatable bonds is 10. The summed E-state index contributed by atoms with van der Waals surface area (Å²) in [5, 5.41) is 7.54. The molecule has 1 aromatic heterocycles. The lowest BCUT2D eigenvalue weighted by Gasteiger charge is -2.28. The average molecular weight is 502 g/mol. The van der Waals surface area contributed by atoms with E-state index >= 15 is 0 Å². The summed E-state index contributed by atoms with van der Waals surface area (Å²) in [6.07, 6.45) is 2.39. The van der Waals surface area contributed by atoms with Gasteiger partial charge in [-0.25, -0.2) is 18.7 Å². The fraction of sp³-hybridized carbons (Fsp3) is 0.440. The fourth-order valence-electron chi connectivity index (χ4n) is 3.88. The Bertz CT molecular complexity index is 1060. The molecule has 3 rings (SSSR count). The first-order chi connectivity index (χ1) is 17.1. The van der Waals surface area contributed by atoms with Gasteiger partial charge in [-0.15, -0.1) is 0 Å². The van der Waals surface area contributed by atoms with Crippen molar-refractivity contribution in [2.45, 2.75) is 63.6 Å². The molecule has 1 aromatic carbocycles. The number of alkyl halides is 2. The van der Waals surface area contributed by atoms with Crippen molar-refractivity contribution in [3.63, 3.8) is 0 Å². The van der Waals surface area contributed by atoms with Crippen LogP contribution in [0.3, 0.4) is 0 Å². The molecule has 0 unspecified atom stereocenters. The molecular weight excluding hydrogens is 472 g/mol. The second-order valence-electron chi connectivity index (χ2n) is 8.82. The van der Waals surface area contributed by atoms with Crippen LogP contribution in [0.2, 0.25) is 0 Å². The largest absolute Gasteiger partial charge is 0.344 e. The van der Waals surface area contributed by atoms with Gasteiger partial charge in [-0.05, 0) is 31.4 Å². The second-order valence-corrected chi connectivity index (χ2v) is 8.82. The molecule has 0 aliphatic heterocycles. The fourth-order valence-corrected chi connectivity index (χ4v) is 3.88. The molecule has 2 aromatic rings. The molecule has 192 valence electrons. The van der Waals surface area contributed by atoms with Crippen molar-refractivity contribution < 1.29 is 28.0 Å². The number of nitrogens with zero attached hydrogens (tertiary/aromatic N) is 2. The van der Waals surface area contributed by atoms with E-state index in [0.717, 1.165) is 5.56 Å². The minimum absolute atomic E-state index is 0.0353. The Balaban J connectivity index is 1.61. The number of benzene rings is 1. The zero-order chi connectivity index (χ0) is 26.1. The highest BCUT2D eigenvalue weighted by molar-refractivity contribution is 6.38. The first-order valence-electron chi connectivity index (χ1n) is 11.7. The van der Waals surface area contributed by atoms with Gasteiger partial charge in [-0.3, -0.25) is 19.2 Å². The van der Waals surface area contributed by atoms with Crippen molar-refractivity contribution in [2.24, 2.45) is 5.92 Å². The summed E-state index contributed by atoms with van der Waals surface area (Å²) in [5.74, 6) is -5.98. The zero-order valence-electron chi connectivity index (χ0n) is 19.9. The van der Waals surface area contributed by atoms with Crippen molar-refractivity contribution in [1.82, 2.24) is 25.9 Å². The van der Waals surface area contributed by atoms with Crippen molar-refractivity contribution in [3.05, 3.63) is 60.2 Å². The normalized spacial score (nSPS) is 16.9. The molecule has 0 spiro atoms. The Kier molecular flexibility index (Phi) is 9.15. The number of Topliss-reactive ketones (excluding diaryl/α,β-unsaturated/α-hetero) is 1. The van der Waals surface area contributed by atoms with Gasteiger partial charge in [0.15, 0.2) is 0 Å². The van der Waals surface area contributed by atoms with Gasteiger partial charge in [-0.1, -0.05) is 30.3 Å². The van der Waals surface area contributed by atoms with E-state index in [1.807, 2.05) is 0 Å². The predicted octanol–water partition coefficient (Wildman–Crippen LogP) is 1.72. The Morgan fingerprint density at radius 2 is 1.64 bits per heavy atom. The van der Waals surface area contributed by atoms with E-state index < -0.39 is 47.4 Å². The van der Waals surface area contributed by atoms with E-state index in [4.69, 9.17) is 0 Å². The molecule has 36 heavy (non-hydrogen) atoms. The Morgan fingerprint density at radius 3 is 2.28 bits per heavy atom. The van der Waals surface area contributed by atoms with Crippen LogP contribution in [-0.2, 0) is 32.1 Å². The maximum Gasteiger partial charge on any atom is 0.289 e. The lowest BCUT2D eigenvalue weighted by molar-refractivity contribution is -0.140. The summed E-state index contributed by atoms with van der Waals surface area (Å²) >= 11 is 0. The molecule has 3 N–H and O–H groups in total. The van der Waals surface area contributed by atoms with Crippen LogP contribution in [0.15, 0.2) is 48.8 Å².